The first kappa shape index (κ1) is 14.9. The van der Waals surface area contributed by atoms with Crippen LogP contribution in [0, 0.1) is 19.8 Å². The van der Waals surface area contributed by atoms with Crippen molar-refractivity contribution < 1.29 is 9.90 Å². The number of aromatic hydroxyl groups is 1. The largest absolute Gasteiger partial charge is 0.508 e. The van der Waals surface area contributed by atoms with E-state index in [0.29, 0.717) is 5.75 Å². The van der Waals surface area contributed by atoms with Crippen molar-refractivity contribution in [3.63, 3.8) is 0 Å². The lowest BCUT2D eigenvalue weighted by Crippen LogP contribution is -2.39. The Morgan fingerprint density at radius 3 is 2.50 bits per heavy atom. The van der Waals surface area contributed by atoms with Gasteiger partial charge in [0.1, 0.15) is 5.75 Å². The summed E-state index contributed by atoms with van der Waals surface area (Å²) in [7, 11) is 1.70. The molecule has 1 aliphatic heterocycles. The Morgan fingerprint density at radius 1 is 1.30 bits per heavy atom. The summed E-state index contributed by atoms with van der Waals surface area (Å²) in [6.07, 6.45) is 1.79. The van der Waals surface area contributed by atoms with Crippen LogP contribution in [0.25, 0.3) is 0 Å². The monoisotopic (exact) mass is 276 g/mol. The van der Waals surface area contributed by atoms with Crippen LogP contribution in [-0.2, 0) is 11.3 Å². The Balaban J connectivity index is 1.96. The SMILES string of the molecule is CNC(=O)C1CCN(Cc2cc(C)c(C)cc2O)CC1. The van der Waals surface area contributed by atoms with Crippen LogP contribution in [-0.4, -0.2) is 36.1 Å². The van der Waals surface area contributed by atoms with Crippen molar-refractivity contribution >= 4 is 5.91 Å². The van der Waals surface area contributed by atoms with Gasteiger partial charge in [-0.3, -0.25) is 9.69 Å². The van der Waals surface area contributed by atoms with Crippen molar-refractivity contribution in [3.8, 4) is 5.75 Å². The Morgan fingerprint density at radius 2 is 1.90 bits per heavy atom. The van der Waals surface area contributed by atoms with Crippen LogP contribution in [0.5, 0.6) is 5.75 Å². The zero-order valence-electron chi connectivity index (χ0n) is 12.6. The minimum atomic E-state index is 0.143. The predicted molar refractivity (Wildman–Crippen MR) is 79.6 cm³/mol. The first-order chi connectivity index (χ1) is 9.51. The van der Waals surface area contributed by atoms with Gasteiger partial charge in [0.25, 0.3) is 0 Å². The van der Waals surface area contributed by atoms with Gasteiger partial charge in [0.15, 0.2) is 0 Å². The Bertz CT molecular complexity index is 491. The maximum atomic E-state index is 11.6. The molecule has 0 aromatic heterocycles. The zero-order valence-corrected chi connectivity index (χ0v) is 12.6. The van der Waals surface area contributed by atoms with Gasteiger partial charge < -0.3 is 10.4 Å². The Kier molecular flexibility index (Phi) is 4.65. The van der Waals surface area contributed by atoms with Gasteiger partial charge in [-0.15, -0.1) is 0 Å². The van der Waals surface area contributed by atoms with E-state index < -0.39 is 0 Å². The fourth-order valence-corrected chi connectivity index (χ4v) is 2.79. The van der Waals surface area contributed by atoms with E-state index in [-0.39, 0.29) is 11.8 Å². The lowest BCUT2D eigenvalue weighted by atomic mass is 9.95. The molecule has 0 radical (unpaired) electrons. The Labute approximate surface area is 120 Å². The van der Waals surface area contributed by atoms with E-state index in [1.54, 1.807) is 7.05 Å². The third-order valence-corrected chi connectivity index (χ3v) is 4.29. The number of carbonyl (C=O) groups is 1. The number of phenols is 1. The van der Waals surface area contributed by atoms with Crippen LogP contribution in [0.2, 0.25) is 0 Å². The summed E-state index contributed by atoms with van der Waals surface area (Å²) >= 11 is 0. The molecule has 1 aliphatic rings. The molecule has 1 amide bonds. The molecule has 1 saturated heterocycles. The average Bonchev–Trinajstić information content (AvgIpc) is 2.44. The number of aryl methyl sites for hydroxylation is 2. The third-order valence-electron chi connectivity index (χ3n) is 4.29. The molecule has 4 heteroatoms. The number of carbonyl (C=O) groups excluding carboxylic acids is 1. The standard InChI is InChI=1S/C16H24N2O2/c1-11-8-14(15(19)9-12(11)2)10-18-6-4-13(5-7-18)16(20)17-3/h8-9,13,19H,4-7,10H2,1-3H3,(H,17,20). The summed E-state index contributed by atoms with van der Waals surface area (Å²) in [4.78, 5) is 13.9. The van der Waals surface area contributed by atoms with Crippen LogP contribution in [0.1, 0.15) is 29.5 Å². The van der Waals surface area contributed by atoms with Gasteiger partial charge in [-0.2, -0.15) is 0 Å². The molecule has 20 heavy (non-hydrogen) atoms. The summed E-state index contributed by atoms with van der Waals surface area (Å²) in [5, 5.41) is 12.8. The number of nitrogens with one attached hydrogen (secondary N) is 1. The van der Waals surface area contributed by atoms with Gasteiger partial charge in [0.05, 0.1) is 0 Å². The van der Waals surface area contributed by atoms with Crippen molar-refractivity contribution in [2.75, 3.05) is 20.1 Å². The number of phenolic OH excluding ortho intramolecular Hbond substituents is 1. The number of hydrogen-bond donors (Lipinski definition) is 2. The van der Waals surface area contributed by atoms with Gasteiger partial charge in [-0.1, -0.05) is 6.07 Å². The average molecular weight is 276 g/mol. The fourth-order valence-electron chi connectivity index (χ4n) is 2.79. The van der Waals surface area contributed by atoms with Crippen LogP contribution >= 0.6 is 0 Å². The molecule has 0 saturated carbocycles. The Hall–Kier alpha value is -1.55. The summed E-state index contributed by atoms with van der Waals surface area (Å²) in [5.74, 6) is 0.671. The summed E-state index contributed by atoms with van der Waals surface area (Å²) in [5.41, 5.74) is 3.30. The minimum absolute atomic E-state index is 0.143. The molecule has 4 nitrogen and oxygen atoms in total. The van der Waals surface area contributed by atoms with Gasteiger partial charge in [-0.25, -0.2) is 0 Å². The number of likely N-dealkylation sites (tertiary alicyclic amines) is 1. The molecule has 0 aliphatic carbocycles. The number of hydrogen-bond acceptors (Lipinski definition) is 3. The highest BCUT2D eigenvalue weighted by Gasteiger charge is 2.24. The van der Waals surface area contributed by atoms with Crippen LogP contribution < -0.4 is 5.32 Å². The molecule has 0 atom stereocenters. The van der Waals surface area contributed by atoms with Crippen molar-refractivity contribution in [2.45, 2.75) is 33.2 Å². The highest BCUT2D eigenvalue weighted by molar-refractivity contribution is 5.78. The molecular weight excluding hydrogens is 252 g/mol. The number of benzene rings is 1. The maximum Gasteiger partial charge on any atom is 0.222 e. The first-order valence-corrected chi connectivity index (χ1v) is 7.24. The van der Waals surface area contributed by atoms with Gasteiger partial charge >= 0.3 is 0 Å². The van der Waals surface area contributed by atoms with E-state index in [9.17, 15) is 9.90 Å². The van der Waals surface area contributed by atoms with E-state index in [4.69, 9.17) is 0 Å². The summed E-state index contributed by atoms with van der Waals surface area (Å²) < 4.78 is 0. The van der Waals surface area contributed by atoms with Crippen molar-refractivity contribution in [2.24, 2.45) is 5.92 Å². The molecule has 2 N–H and O–H groups in total. The molecule has 1 heterocycles. The highest BCUT2D eigenvalue weighted by atomic mass is 16.3. The molecular formula is C16H24N2O2. The second-order valence-corrected chi connectivity index (χ2v) is 5.73. The first-order valence-electron chi connectivity index (χ1n) is 7.24. The second-order valence-electron chi connectivity index (χ2n) is 5.73. The smallest absolute Gasteiger partial charge is 0.222 e. The highest BCUT2D eigenvalue weighted by Crippen LogP contribution is 2.25. The second kappa shape index (κ2) is 6.27. The van der Waals surface area contributed by atoms with Gasteiger partial charge in [0.2, 0.25) is 5.91 Å². The molecule has 110 valence electrons. The molecule has 2 rings (SSSR count). The van der Waals surface area contributed by atoms with Crippen molar-refractivity contribution in [1.82, 2.24) is 10.2 Å². The van der Waals surface area contributed by atoms with E-state index in [1.165, 1.54) is 5.56 Å². The van der Waals surface area contributed by atoms with Crippen LogP contribution in [0.15, 0.2) is 12.1 Å². The number of piperidine rings is 1. The zero-order chi connectivity index (χ0) is 14.7. The number of rotatable bonds is 3. The fraction of sp³-hybridized carbons (Fsp3) is 0.562. The van der Waals surface area contributed by atoms with Crippen LogP contribution in [0.4, 0.5) is 0 Å². The molecule has 1 aromatic carbocycles. The van der Waals surface area contributed by atoms with E-state index in [1.807, 2.05) is 13.0 Å². The number of amides is 1. The molecule has 0 bridgehead atoms. The van der Waals surface area contributed by atoms with E-state index in [2.05, 4.69) is 23.2 Å². The summed E-state index contributed by atoms with van der Waals surface area (Å²) in [6, 6.07) is 3.90. The molecule has 1 fully saturated rings. The minimum Gasteiger partial charge on any atom is -0.508 e. The topological polar surface area (TPSA) is 52.6 Å². The normalized spacial score (nSPS) is 17.1. The van der Waals surface area contributed by atoms with E-state index in [0.717, 1.165) is 43.6 Å². The summed E-state index contributed by atoms with van der Waals surface area (Å²) in [6.45, 7) is 6.64. The van der Waals surface area contributed by atoms with Crippen molar-refractivity contribution in [1.29, 1.82) is 0 Å². The quantitative estimate of drug-likeness (QED) is 0.887. The number of nitrogens with zero attached hydrogens (tertiary/aromatic N) is 1. The van der Waals surface area contributed by atoms with Gasteiger partial charge in [0, 0.05) is 25.1 Å². The third kappa shape index (κ3) is 3.31. The van der Waals surface area contributed by atoms with Crippen LogP contribution in [0.3, 0.4) is 0 Å². The van der Waals surface area contributed by atoms with Gasteiger partial charge in [-0.05, 0) is 57.0 Å². The predicted octanol–water partition coefficient (Wildman–Crippen LogP) is 1.97. The van der Waals surface area contributed by atoms with E-state index >= 15 is 0 Å². The molecule has 0 spiro atoms. The van der Waals surface area contributed by atoms with Crippen molar-refractivity contribution in [3.05, 3.63) is 28.8 Å². The lowest BCUT2D eigenvalue weighted by Gasteiger charge is -2.31. The lowest BCUT2D eigenvalue weighted by molar-refractivity contribution is -0.125. The molecule has 1 aromatic rings. The maximum absolute atomic E-state index is 11.6. The molecule has 0 unspecified atom stereocenters.